The number of hydrogen-bond acceptors (Lipinski definition) is 5. The molecule has 2 amide bonds. The maximum atomic E-state index is 13.4. The second kappa shape index (κ2) is 9.83. The molecular formula is C24H30N2O4S. The van der Waals surface area contributed by atoms with E-state index in [2.05, 4.69) is 11.4 Å². The summed E-state index contributed by atoms with van der Waals surface area (Å²) in [6, 6.07) is 9.91. The van der Waals surface area contributed by atoms with Crippen molar-refractivity contribution in [3.05, 3.63) is 51.7 Å². The number of aryl methyl sites for hydroxylation is 1. The minimum absolute atomic E-state index is 0.00857. The highest BCUT2D eigenvalue weighted by Crippen LogP contribution is 2.34. The van der Waals surface area contributed by atoms with Gasteiger partial charge in [-0.1, -0.05) is 17.7 Å². The summed E-state index contributed by atoms with van der Waals surface area (Å²) in [5.74, 6) is 1.16. The highest BCUT2D eigenvalue weighted by atomic mass is 32.1. The Morgan fingerprint density at radius 2 is 1.97 bits per heavy atom. The van der Waals surface area contributed by atoms with Crippen molar-refractivity contribution >= 4 is 23.2 Å². The van der Waals surface area contributed by atoms with Gasteiger partial charge >= 0.3 is 0 Å². The van der Waals surface area contributed by atoms with E-state index in [0.717, 1.165) is 30.6 Å². The lowest BCUT2D eigenvalue weighted by Crippen LogP contribution is -2.48. The van der Waals surface area contributed by atoms with Crippen molar-refractivity contribution in [2.75, 3.05) is 40.0 Å². The number of nitrogens with zero attached hydrogens (tertiary/aromatic N) is 2. The first kappa shape index (κ1) is 21.8. The molecule has 7 heteroatoms. The van der Waals surface area contributed by atoms with Crippen LogP contribution in [0.4, 0.5) is 0 Å². The van der Waals surface area contributed by atoms with E-state index in [-0.39, 0.29) is 31.0 Å². The number of ether oxygens (including phenoxy) is 2. The molecule has 1 aromatic carbocycles. The van der Waals surface area contributed by atoms with Gasteiger partial charge in [0.25, 0.3) is 0 Å². The van der Waals surface area contributed by atoms with Gasteiger partial charge in [0.2, 0.25) is 11.8 Å². The molecule has 1 unspecified atom stereocenters. The fourth-order valence-electron chi connectivity index (χ4n) is 4.02. The molecule has 2 aromatic rings. The van der Waals surface area contributed by atoms with Crippen LogP contribution in [0.3, 0.4) is 0 Å². The Hall–Kier alpha value is -2.38. The molecule has 1 saturated carbocycles. The van der Waals surface area contributed by atoms with Crippen molar-refractivity contribution in [1.82, 2.24) is 9.80 Å². The highest BCUT2D eigenvalue weighted by molar-refractivity contribution is 7.10. The van der Waals surface area contributed by atoms with Crippen LogP contribution < -0.4 is 4.74 Å². The third kappa shape index (κ3) is 5.46. The molecule has 1 atom stereocenters. The number of carbonyl (C=O) groups is 2. The third-order valence-electron chi connectivity index (χ3n) is 5.97. The molecule has 0 spiro atoms. The molecule has 6 nitrogen and oxygen atoms in total. The van der Waals surface area contributed by atoms with Crippen molar-refractivity contribution in [3.8, 4) is 5.75 Å². The van der Waals surface area contributed by atoms with E-state index in [1.807, 2.05) is 36.1 Å². The number of hydrogen-bond donors (Lipinski definition) is 0. The Morgan fingerprint density at radius 3 is 2.68 bits per heavy atom. The summed E-state index contributed by atoms with van der Waals surface area (Å²) in [7, 11) is 1.51. The number of methoxy groups -OCH3 is 1. The smallest absolute Gasteiger partial charge is 0.249 e. The van der Waals surface area contributed by atoms with Crippen molar-refractivity contribution in [2.24, 2.45) is 5.92 Å². The molecule has 31 heavy (non-hydrogen) atoms. The van der Waals surface area contributed by atoms with Crippen LogP contribution in [-0.4, -0.2) is 61.6 Å². The number of carbonyl (C=O) groups excluding carboxylic acids is 2. The summed E-state index contributed by atoms with van der Waals surface area (Å²) in [6.07, 6.45) is 3.09. The minimum atomic E-state index is -0.149. The van der Waals surface area contributed by atoms with Crippen molar-refractivity contribution < 1.29 is 19.1 Å². The zero-order chi connectivity index (χ0) is 21.8. The number of fused-ring (bicyclic) bond motifs is 1. The number of amides is 2. The van der Waals surface area contributed by atoms with Crippen LogP contribution >= 0.6 is 11.3 Å². The Bertz CT molecular complexity index is 907. The average molecular weight is 443 g/mol. The average Bonchev–Trinajstić information content (AvgIpc) is 3.45. The second-order valence-electron chi connectivity index (χ2n) is 8.43. The molecular weight excluding hydrogens is 412 g/mol. The maximum absolute atomic E-state index is 13.4. The molecule has 1 aliphatic carbocycles. The van der Waals surface area contributed by atoms with Crippen LogP contribution in [0.2, 0.25) is 0 Å². The Balaban J connectivity index is 1.48. The Labute approximate surface area is 187 Å². The summed E-state index contributed by atoms with van der Waals surface area (Å²) in [5, 5.41) is 2.08. The van der Waals surface area contributed by atoms with E-state index in [0.29, 0.717) is 25.6 Å². The van der Waals surface area contributed by atoms with Crippen molar-refractivity contribution in [1.29, 1.82) is 0 Å². The highest BCUT2D eigenvalue weighted by Gasteiger charge is 2.34. The van der Waals surface area contributed by atoms with E-state index in [1.54, 1.807) is 16.2 Å². The van der Waals surface area contributed by atoms with Gasteiger partial charge in [0.15, 0.2) is 0 Å². The molecule has 1 fully saturated rings. The van der Waals surface area contributed by atoms with E-state index in [4.69, 9.17) is 9.47 Å². The van der Waals surface area contributed by atoms with E-state index < -0.39 is 0 Å². The van der Waals surface area contributed by atoms with Gasteiger partial charge in [-0.15, -0.1) is 11.3 Å². The quantitative estimate of drug-likeness (QED) is 0.597. The molecule has 166 valence electrons. The van der Waals surface area contributed by atoms with Gasteiger partial charge in [-0.2, -0.15) is 0 Å². The van der Waals surface area contributed by atoms with Gasteiger partial charge < -0.3 is 19.3 Å². The first-order valence-corrected chi connectivity index (χ1v) is 11.7. The molecule has 0 bridgehead atoms. The Kier molecular flexibility index (Phi) is 6.92. The zero-order valence-electron chi connectivity index (χ0n) is 18.2. The molecule has 0 saturated heterocycles. The predicted octanol–water partition coefficient (Wildman–Crippen LogP) is 3.45. The van der Waals surface area contributed by atoms with Crippen molar-refractivity contribution in [3.63, 3.8) is 0 Å². The minimum Gasteiger partial charge on any atom is -0.491 e. The fraction of sp³-hybridized carbons (Fsp3) is 0.500. The predicted molar refractivity (Wildman–Crippen MR) is 120 cm³/mol. The van der Waals surface area contributed by atoms with Gasteiger partial charge in [-0.25, -0.2) is 0 Å². The van der Waals surface area contributed by atoms with Crippen LogP contribution in [0.5, 0.6) is 5.75 Å². The molecule has 1 aromatic heterocycles. The summed E-state index contributed by atoms with van der Waals surface area (Å²) < 4.78 is 11.1. The molecule has 0 radical (unpaired) electrons. The lowest BCUT2D eigenvalue weighted by Gasteiger charge is -2.37. The Morgan fingerprint density at radius 1 is 1.19 bits per heavy atom. The second-order valence-corrected chi connectivity index (χ2v) is 9.43. The van der Waals surface area contributed by atoms with E-state index >= 15 is 0 Å². The monoisotopic (exact) mass is 442 g/mol. The molecule has 4 rings (SSSR count). The standard InChI is InChI=1S/C24H30N2O4S/c1-17-3-7-19(8-4-17)30-15-21-20-10-12-31-22(20)9-11-26(21)23(27)14-25(13-18-5-6-18)24(28)16-29-2/h3-4,7-8,10,12,18,21H,5-6,9,11,13-16H2,1-2H3. The van der Waals surface area contributed by atoms with Crippen LogP contribution in [0, 0.1) is 12.8 Å². The normalized spacial score (nSPS) is 17.9. The SMILES string of the molecule is COCC(=O)N(CC(=O)N1CCc2sccc2C1COc1ccc(C)cc1)CC1CC1. The largest absolute Gasteiger partial charge is 0.491 e. The maximum Gasteiger partial charge on any atom is 0.249 e. The van der Waals surface area contributed by atoms with Crippen LogP contribution in [-0.2, 0) is 20.7 Å². The van der Waals surface area contributed by atoms with Gasteiger partial charge in [-0.05, 0) is 61.2 Å². The number of rotatable bonds is 9. The van der Waals surface area contributed by atoms with Gasteiger partial charge in [0, 0.05) is 25.1 Å². The molecule has 1 aliphatic heterocycles. The zero-order valence-corrected chi connectivity index (χ0v) is 19.0. The lowest BCUT2D eigenvalue weighted by atomic mass is 10.0. The molecule has 2 heterocycles. The van der Waals surface area contributed by atoms with E-state index in [1.165, 1.54) is 17.6 Å². The first-order chi connectivity index (χ1) is 15.0. The van der Waals surface area contributed by atoms with Crippen LogP contribution in [0.15, 0.2) is 35.7 Å². The fourth-order valence-corrected chi connectivity index (χ4v) is 4.95. The van der Waals surface area contributed by atoms with Crippen molar-refractivity contribution in [2.45, 2.75) is 32.2 Å². The van der Waals surface area contributed by atoms with Gasteiger partial charge in [0.05, 0.1) is 12.6 Å². The molecule has 0 N–H and O–H groups in total. The van der Waals surface area contributed by atoms with Crippen LogP contribution in [0.1, 0.15) is 34.9 Å². The van der Waals surface area contributed by atoms with Crippen LogP contribution in [0.25, 0.3) is 0 Å². The summed E-state index contributed by atoms with van der Waals surface area (Å²) in [5.41, 5.74) is 2.34. The van der Waals surface area contributed by atoms with E-state index in [9.17, 15) is 9.59 Å². The van der Waals surface area contributed by atoms with Gasteiger partial charge in [0.1, 0.15) is 19.0 Å². The lowest BCUT2D eigenvalue weighted by molar-refractivity contribution is -0.144. The number of thiophene rings is 1. The number of benzene rings is 1. The third-order valence-corrected chi connectivity index (χ3v) is 6.96. The van der Waals surface area contributed by atoms with Gasteiger partial charge in [-0.3, -0.25) is 9.59 Å². The summed E-state index contributed by atoms with van der Waals surface area (Å²) in [6.45, 7) is 3.82. The summed E-state index contributed by atoms with van der Waals surface area (Å²) in [4.78, 5) is 30.7. The first-order valence-electron chi connectivity index (χ1n) is 10.9. The summed E-state index contributed by atoms with van der Waals surface area (Å²) >= 11 is 1.73. The molecule has 2 aliphatic rings. The topological polar surface area (TPSA) is 59.1 Å².